The van der Waals surface area contributed by atoms with Crippen LogP contribution in [0.5, 0.6) is 0 Å². The van der Waals surface area contributed by atoms with Crippen LogP contribution in [0.1, 0.15) is 19.2 Å². The standard InChI is InChI=1S/C15H19N3O2/c1-11-7-8-18(13(11)10-19)9-14-16-15(20-17-14)12-5-3-2-4-6-12/h2-6,11,13,19H,7-10H2,1H3. The Labute approximate surface area is 118 Å². The lowest BCUT2D eigenvalue weighted by molar-refractivity contribution is 0.131. The Kier molecular flexibility index (Phi) is 3.80. The van der Waals surface area contributed by atoms with Gasteiger partial charge in [-0.3, -0.25) is 4.90 Å². The van der Waals surface area contributed by atoms with E-state index >= 15 is 0 Å². The maximum atomic E-state index is 9.46. The first-order valence-electron chi connectivity index (χ1n) is 7.01. The van der Waals surface area contributed by atoms with Crippen molar-refractivity contribution in [3.05, 3.63) is 36.2 Å². The molecule has 5 nitrogen and oxygen atoms in total. The maximum absolute atomic E-state index is 9.46. The summed E-state index contributed by atoms with van der Waals surface area (Å²) in [4.78, 5) is 6.66. The summed E-state index contributed by atoms with van der Waals surface area (Å²) in [5, 5.41) is 13.5. The molecule has 106 valence electrons. The fourth-order valence-corrected chi connectivity index (χ4v) is 2.78. The molecule has 2 heterocycles. The first-order chi connectivity index (χ1) is 9.78. The summed E-state index contributed by atoms with van der Waals surface area (Å²) in [5.74, 6) is 1.74. The molecule has 2 atom stereocenters. The lowest BCUT2D eigenvalue weighted by Crippen LogP contribution is -2.34. The monoisotopic (exact) mass is 273 g/mol. The summed E-state index contributed by atoms with van der Waals surface area (Å²) in [5.41, 5.74) is 0.930. The molecule has 1 aliphatic rings. The lowest BCUT2D eigenvalue weighted by atomic mass is 10.0. The highest BCUT2D eigenvalue weighted by Gasteiger charge is 2.31. The number of aliphatic hydroxyl groups excluding tert-OH is 1. The third-order valence-corrected chi connectivity index (χ3v) is 4.02. The van der Waals surface area contributed by atoms with Gasteiger partial charge in [-0.05, 0) is 31.0 Å². The minimum Gasteiger partial charge on any atom is -0.395 e. The number of aromatic nitrogens is 2. The summed E-state index contributed by atoms with van der Waals surface area (Å²) in [6.07, 6.45) is 1.11. The fraction of sp³-hybridized carbons (Fsp3) is 0.467. The van der Waals surface area contributed by atoms with Gasteiger partial charge in [-0.2, -0.15) is 4.98 Å². The van der Waals surface area contributed by atoms with E-state index in [1.807, 2.05) is 30.3 Å². The van der Waals surface area contributed by atoms with E-state index in [1.54, 1.807) is 0 Å². The second kappa shape index (κ2) is 5.73. The molecule has 3 rings (SSSR count). The molecule has 0 radical (unpaired) electrons. The van der Waals surface area contributed by atoms with E-state index in [0.29, 0.717) is 24.2 Å². The average molecular weight is 273 g/mol. The molecule has 1 fully saturated rings. The topological polar surface area (TPSA) is 62.4 Å². The molecule has 0 spiro atoms. The first-order valence-corrected chi connectivity index (χ1v) is 7.01. The number of hydrogen-bond acceptors (Lipinski definition) is 5. The molecule has 0 amide bonds. The number of rotatable bonds is 4. The van der Waals surface area contributed by atoms with Crippen molar-refractivity contribution < 1.29 is 9.63 Å². The number of nitrogens with zero attached hydrogens (tertiary/aromatic N) is 3. The Balaban J connectivity index is 1.72. The number of hydrogen-bond donors (Lipinski definition) is 1. The molecule has 1 aromatic carbocycles. The van der Waals surface area contributed by atoms with Crippen LogP contribution in [0.25, 0.3) is 11.5 Å². The van der Waals surface area contributed by atoms with Crippen LogP contribution in [0.15, 0.2) is 34.9 Å². The second-order valence-electron chi connectivity index (χ2n) is 5.37. The van der Waals surface area contributed by atoms with Crippen molar-refractivity contribution in [2.75, 3.05) is 13.2 Å². The van der Waals surface area contributed by atoms with Gasteiger partial charge in [0.1, 0.15) is 0 Å². The van der Waals surface area contributed by atoms with Crippen LogP contribution in [-0.4, -0.2) is 39.3 Å². The molecule has 2 aromatic rings. The predicted octanol–water partition coefficient (Wildman–Crippen LogP) is 1.94. The van der Waals surface area contributed by atoms with Crippen molar-refractivity contribution in [1.29, 1.82) is 0 Å². The van der Waals surface area contributed by atoms with Gasteiger partial charge in [0.05, 0.1) is 13.2 Å². The van der Waals surface area contributed by atoms with Crippen LogP contribution < -0.4 is 0 Å². The third kappa shape index (κ3) is 2.59. The van der Waals surface area contributed by atoms with Crippen molar-refractivity contribution in [2.45, 2.75) is 25.9 Å². The lowest BCUT2D eigenvalue weighted by Gasteiger charge is -2.23. The van der Waals surface area contributed by atoms with Gasteiger partial charge in [0.15, 0.2) is 5.82 Å². The molecule has 5 heteroatoms. The first kappa shape index (κ1) is 13.3. The van der Waals surface area contributed by atoms with Gasteiger partial charge in [-0.25, -0.2) is 0 Å². The zero-order valence-electron chi connectivity index (χ0n) is 11.6. The van der Waals surface area contributed by atoms with E-state index in [9.17, 15) is 5.11 Å². The summed E-state index contributed by atoms with van der Waals surface area (Å²) in [6.45, 7) is 3.96. The van der Waals surface area contributed by atoms with Gasteiger partial charge in [0, 0.05) is 11.6 Å². The van der Waals surface area contributed by atoms with E-state index in [-0.39, 0.29) is 12.6 Å². The molecule has 0 saturated carbocycles. The SMILES string of the molecule is CC1CCN(Cc2noc(-c3ccccc3)n2)C1CO. The summed E-state index contributed by atoms with van der Waals surface area (Å²) in [6, 6.07) is 9.95. The Bertz CT molecular complexity index is 555. The van der Waals surface area contributed by atoms with Gasteiger partial charge in [0.2, 0.25) is 0 Å². The van der Waals surface area contributed by atoms with Crippen molar-refractivity contribution in [3.63, 3.8) is 0 Å². The molecule has 0 aliphatic carbocycles. The molecular formula is C15H19N3O2. The Morgan fingerprint density at radius 1 is 1.35 bits per heavy atom. The number of likely N-dealkylation sites (tertiary alicyclic amines) is 1. The fourth-order valence-electron chi connectivity index (χ4n) is 2.78. The van der Waals surface area contributed by atoms with Crippen molar-refractivity contribution >= 4 is 0 Å². The summed E-state index contributed by atoms with van der Waals surface area (Å²) >= 11 is 0. The largest absolute Gasteiger partial charge is 0.395 e. The Morgan fingerprint density at radius 3 is 2.90 bits per heavy atom. The van der Waals surface area contributed by atoms with Crippen molar-refractivity contribution in [1.82, 2.24) is 15.0 Å². The molecule has 20 heavy (non-hydrogen) atoms. The predicted molar refractivity (Wildman–Crippen MR) is 74.8 cm³/mol. The van der Waals surface area contributed by atoms with E-state index in [0.717, 1.165) is 18.5 Å². The normalized spacial score (nSPS) is 23.3. The molecule has 2 unspecified atom stereocenters. The maximum Gasteiger partial charge on any atom is 0.257 e. The highest BCUT2D eigenvalue weighted by Crippen LogP contribution is 2.25. The zero-order chi connectivity index (χ0) is 13.9. The molecule has 1 aromatic heterocycles. The van der Waals surface area contributed by atoms with Crippen LogP contribution in [-0.2, 0) is 6.54 Å². The van der Waals surface area contributed by atoms with Crippen LogP contribution >= 0.6 is 0 Å². The quantitative estimate of drug-likeness (QED) is 0.922. The third-order valence-electron chi connectivity index (χ3n) is 4.02. The van der Waals surface area contributed by atoms with Crippen LogP contribution in [0.4, 0.5) is 0 Å². The minimum absolute atomic E-state index is 0.185. The van der Waals surface area contributed by atoms with Crippen LogP contribution in [0.3, 0.4) is 0 Å². The van der Waals surface area contributed by atoms with Crippen molar-refractivity contribution in [3.8, 4) is 11.5 Å². The van der Waals surface area contributed by atoms with Gasteiger partial charge >= 0.3 is 0 Å². The van der Waals surface area contributed by atoms with Crippen LogP contribution in [0.2, 0.25) is 0 Å². The molecule has 1 N–H and O–H groups in total. The minimum atomic E-state index is 0.185. The number of benzene rings is 1. The van der Waals surface area contributed by atoms with E-state index in [4.69, 9.17) is 4.52 Å². The van der Waals surface area contributed by atoms with Gasteiger partial charge in [0.25, 0.3) is 5.89 Å². The van der Waals surface area contributed by atoms with Gasteiger partial charge < -0.3 is 9.63 Å². The number of aliphatic hydroxyl groups is 1. The van der Waals surface area contributed by atoms with Gasteiger partial charge in [-0.15, -0.1) is 0 Å². The summed E-state index contributed by atoms with van der Waals surface area (Å²) in [7, 11) is 0. The van der Waals surface area contributed by atoms with E-state index in [2.05, 4.69) is 22.0 Å². The Morgan fingerprint density at radius 2 is 2.15 bits per heavy atom. The molecule has 0 bridgehead atoms. The van der Waals surface area contributed by atoms with E-state index in [1.165, 1.54) is 0 Å². The summed E-state index contributed by atoms with van der Waals surface area (Å²) < 4.78 is 5.31. The second-order valence-corrected chi connectivity index (χ2v) is 5.37. The highest BCUT2D eigenvalue weighted by atomic mass is 16.5. The highest BCUT2D eigenvalue weighted by molar-refractivity contribution is 5.51. The zero-order valence-corrected chi connectivity index (χ0v) is 11.6. The average Bonchev–Trinajstić information content (AvgIpc) is 3.08. The Hall–Kier alpha value is -1.72. The molecule has 1 aliphatic heterocycles. The van der Waals surface area contributed by atoms with Gasteiger partial charge in [-0.1, -0.05) is 30.3 Å². The van der Waals surface area contributed by atoms with E-state index < -0.39 is 0 Å². The van der Waals surface area contributed by atoms with Crippen LogP contribution in [0, 0.1) is 5.92 Å². The smallest absolute Gasteiger partial charge is 0.257 e. The van der Waals surface area contributed by atoms with Crippen molar-refractivity contribution in [2.24, 2.45) is 5.92 Å². The molecular weight excluding hydrogens is 254 g/mol. The molecule has 1 saturated heterocycles.